The van der Waals surface area contributed by atoms with Crippen molar-refractivity contribution in [2.75, 3.05) is 13.1 Å². The highest BCUT2D eigenvalue weighted by molar-refractivity contribution is 5.69. The first kappa shape index (κ1) is 17.4. The standard InChI is InChI=1S/C19H22N4O4/c1-13-7-15-8-20-23(17(15)11-22(13)18(24)25)16-9-21(10-16)19(26)27-12-14-5-3-2-4-6-14/h2-6,8,13,16H,7,9-12H2,1H3,(H,24,25). The second-order valence-corrected chi connectivity index (χ2v) is 7.12. The first-order valence-corrected chi connectivity index (χ1v) is 9.03. The fourth-order valence-corrected chi connectivity index (χ4v) is 3.65. The molecule has 1 aromatic carbocycles. The molecule has 2 aliphatic heterocycles. The Hall–Kier alpha value is -3.03. The number of aromatic nitrogens is 2. The van der Waals surface area contributed by atoms with Gasteiger partial charge in [-0.05, 0) is 24.5 Å². The number of amides is 2. The van der Waals surface area contributed by atoms with Crippen LogP contribution < -0.4 is 0 Å². The molecule has 0 spiro atoms. The van der Waals surface area contributed by atoms with Gasteiger partial charge in [-0.15, -0.1) is 0 Å². The molecular weight excluding hydrogens is 348 g/mol. The lowest BCUT2D eigenvalue weighted by Gasteiger charge is -2.40. The molecule has 8 nitrogen and oxygen atoms in total. The third kappa shape index (κ3) is 3.34. The fraction of sp³-hybridized carbons (Fsp3) is 0.421. The van der Waals surface area contributed by atoms with Crippen molar-refractivity contribution in [2.24, 2.45) is 0 Å². The van der Waals surface area contributed by atoms with Crippen LogP contribution in [0.1, 0.15) is 29.8 Å². The minimum atomic E-state index is -0.916. The molecule has 1 aromatic heterocycles. The van der Waals surface area contributed by atoms with Crippen molar-refractivity contribution in [3.63, 3.8) is 0 Å². The summed E-state index contributed by atoms with van der Waals surface area (Å²) in [5.74, 6) is 0. The Labute approximate surface area is 156 Å². The molecule has 1 atom stereocenters. The highest BCUT2D eigenvalue weighted by atomic mass is 16.6. The van der Waals surface area contributed by atoms with Crippen LogP contribution in [0.5, 0.6) is 0 Å². The number of fused-ring (bicyclic) bond motifs is 1. The average Bonchev–Trinajstić information content (AvgIpc) is 3.01. The maximum absolute atomic E-state index is 12.2. The first-order valence-electron chi connectivity index (χ1n) is 9.03. The van der Waals surface area contributed by atoms with E-state index in [0.717, 1.165) is 16.8 Å². The van der Waals surface area contributed by atoms with Crippen molar-refractivity contribution in [1.82, 2.24) is 19.6 Å². The molecule has 8 heteroatoms. The number of benzene rings is 1. The van der Waals surface area contributed by atoms with Crippen molar-refractivity contribution in [1.29, 1.82) is 0 Å². The van der Waals surface area contributed by atoms with Gasteiger partial charge >= 0.3 is 12.2 Å². The molecular formula is C19H22N4O4. The van der Waals surface area contributed by atoms with Crippen LogP contribution in [0.2, 0.25) is 0 Å². The van der Waals surface area contributed by atoms with Gasteiger partial charge in [0, 0.05) is 19.1 Å². The van der Waals surface area contributed by atoms with Gasteiger partial charge in [-0.1, -0.05) is 30.3 Å². The van der Waals surface area contributed by atoms with Gasteiger partial charge in [-0.3, -0.25) is 9.58 Å². The Morgan fingerprint density at radius 2 is 2.00 bits per heavy atom. The van der Waals surface area contributed by atoms with Gasteiger partial charge in [0.05, 0.1) is 24.5 Å². The fourth-order valence-electron chi connectivity index (χ4n) is 3.65. The number of likely N-dealkylation sites (tertiary alicyclic amines) is 1. The highest BCUT2D eigenvalue weighted by Gasteiger charge is 2.37. The molecule has 2 amide bonds. The van der Waals surface area contributed by atoms with Gasteiger partial charge in [0.15, 0.2) is 0 Å². The molecule has 3 heterocycles. The molecule has 1 unspecified atom stereocenters. The molecule has 0 aliphatic carbocycles. The van der Waals surface area contributed by atoms with Crippen LogP contribution >= 0.6 is 0 Å². The van der Waals surface area contributed by atoms with Gasteiger partial charge in [0.1, 0.15) is 6.61 Å². The first-order chi connectivity index (χ1) is 13.0. The smallest absolute Gasteiger partial charge is 0.410 e. The summed E-state index contributed by atoms with van der Waals surface area (Å²) in [6.07, 6.45) is 1.23. The third-order valence-electron chi connectivity index (χ3n) is 5.27. The molecule has 1 N–H and O–H groups in total. The summed E-state index contributed by atoms with van der Waals surface area (Å²) in [5.41, 5.74) is 2.97. The monoisotopic (exact) mass is 370 g/mol. The number of carbonyl (C=O) groups excluding carboxylic acids is 1. The molecule has 0 radical (unpaired) electrons. The van der Waals surface area contributed by atoms with E-state index in [1.54, 1.807) is 4.90 Å². The van der Waals surface area contributed by atoms with Crippen LogP contribution in [-0.4, -0.2) is 56.0 Å². The van der Waals surface area contributed by atoms with Crippen LogP contribution in [0.4, 0.5) is 9.59 Å². The topological polar surface area (TPSA) is 87.9 Å². The summed E-state index contributed by atoms with van der Waals surface area (Å²) in [5, 5.41) is 13.8. The quantitative estimate of drug-likeness (QED) is 0.897. The van der Waals surface area contributed by atoms with E-state index in [1.807, 2.05) is 48.1 Å². The lowest BCUT2D eigenvalue weighted by molar-refractivity contribution is 0.0476. The largest absolute Gasteiger partial charge is 0.465 e. The number of hydrogen-bond acceptors (Lipinski definition) is 4. The van der Waals surface area contributed by atoms with E-state index in [2.05, 4.69) is 5.10 Å². The minimum Gasteiger partial charge on any atom is -0.465 e. The van der Waals surface area contributed by atoms with E-state index in [1.165, 1.54) is 4.90 Å². The Bertz CT molecular complexity index is 845. The van der Waals surface area contributed by atoms with Gasteiger partial charge in [-0.25, -0.2) is 9.59 Å². The Balaban J connectivity index is 1.35. The second-order valence-electron chi connectivity index (χ2n) is 7.12. The number of carbonyl (C=O) groups is 2. The molecule has 142 valence electrons. The molecule has 4 rings (SSSR count). The summed E-state index contributed by atoms with van der Waals surface area (Å²) >= 11 is 0. The lowest BCUT2D eigenvalue weighted by atomic mass is 10.0. The van der Waals surface area contributed by atoms with E-state index < -0.39 is 6.09 Å². The number of ether oxygens (including phenoxy) is 1. The van der Waals surface area contributed by atoms with E-state index >= 15 is 0 Å². The molecule has 1 fully saturated rings. The van der Waals surface area contributed by atoms with Crippen molar-refractivity contribution in [3.8, 4) is 0 Å². The van der Waals surface area contributed by atoms with Crippen molar-refractivity contribution >= 4 is 12.2 Å². The van der Waals surface area contributed by atoms with Crippen molar-refractivity contribution < 1.29 is 19.4 Å². The van der Waals surface area contributed by atoms with Crippen LogP contribution in [0, 0.1) is 0 Å². The Kier molecular flexibility index (Phi) is 4.47. The van der Waals surface area contributed by atoms with Gasteiger partial charge in [0.25, 0.3) is 0 Å². The molecule has 2 aliphatic rings. The summed E-state index contributed by atoms with van der Waals surface area (Å²) in [6, 6.07) is 9.56. The third-order valence-corrected chi connectivity index (χ3v) is 5.27. The molecule has 0 bridgehead atoms. The zero-order valence-corrected chi connectivity index (χ0v) is 15.1. The van der Waals surface area contributed by atoms with E-state index in [0.29, 0.717) is 26.1 Å². The number of carboxylic acid groups (broad SMARTS) is 1. The molecule has 27 heavy (non-hydrogen) atoms. The van der Waals surface area contributed by atoms with Crippen LogP contribution in [0.3, 0.4) is 0 Å². The molecule has 0 saturated carbocycles. The number of hydrogen-bond donors (Lipinski definition) is 1. The predicted octanol–water partition coefficient (Wildman–Crippen LogP) is 2.50. The van der Waals surface area contributed by atoms with Crippen LogP contribution in [0.15, 0.2) is 36.5 Å². The van der Waals surface area contributed by atoms with E-state index in [4.69, 9.17) is 4.74 Å². The molecule has 1 saturated heterocycles. The van der Waals surface area contributed by atoms with Crippen molar-refractivity contribution in [3.05, 3.63) is 53.3 Å². The zero-order chi connectivity index (χ0) is 19.0. The molecule has 2 aromatic rings. The Morgan fingerprint density at radius 1 is 1.26 bits per heavy atom. The van der Waals surface area contributed by atoms with Gasteiger partial charge < -0.3 is 14.7 Å². The second kappa shape index (κ2) is 6.94. The summed E-state index contributed by atoms with van der Waals surface area (Å²) in [7, 11) is 0. The predicted molar refractivity (Wildman–Crippen MR) is 96.2 cm³/mol. The van der Waals surface area contributed by atoms with Crippen LogP contribution in [0.25, 0.3) is 0 Å². The summed E-state index contributed by atoms with van der Waals surface area (Å²) in [4.78, 5) is 26.7. The van der Waals surface area contributed by atoms with Gasteiger partial charge in [-0.2, -0.15) is 5.10 Å². The number of nitrogens with zero attached hydrogens (tertiary/aromatic N) is 4. The van der Waals surface area contributed by atoms with Crippen LogP contribution in [-0.2, 0) is 24.3 Å². The zero-order valence-electron chi connectivity index (χ0n) is 15.1. The van der Waals surface area contributed by atoms with E-state index in [-0.39, 0.29) is 24.8 Å². The number of rotatable bonds is 3. The highest BCUT2D eigenvalue weighted by Crippen LogP contribution is 2.29. The maximum Gasteiger partial charge on any atom is 0.410 e. The normalized spacial score (nSPS) is 19.4. The maximum atomic E-state index is 12.2. The minimum absolute atomic E-state index is 0.0569. The van der Waals surface area contributed by atoms with Gasteiger partial charge in [0.2, 0.25) is 0 Å². The SMILES string of the molecule is CC1Cc2cnn(C3CN(C(=O)OCc4ccccc4)C3)c2CN1C(=O)O. The average molecular weight is 370 g/mol. The Morgan fingerprint density at radius 3 is 2.70 bits per heavy atom. The summed E-state index contributed by atoms with van der Waals surface area (Å²) < 4.78 is 7.22. The van der Waals surface area contributed by atoms with E-state index in [9.17, 15) is 14.7 Å². The summed E-state index contributed by atoms with van der Waals surface area (Å²) in [6.45, 7) is 3.53. The lowest BCUT2D eigenvalue weighted by Crippen LogP contribution is -2.52. The van der Waals surface area contributed by atoms with Crippen molar-refractivity contribution in [2.45, 2.75) is 38.6 Å².